The smallest absolute Gasteiger partial charge is 0.138 e. The molecule has 3 nitrogen and oxygen atoms in total. The first-order chi connectivity index (χ1) is 9.79. The molecule has 21 heavy (non-hydrogen) atoms. The van der Waals surface area contributed by atoms with Crippen molar-refractivity contribution in [1.82, 2.24) is 9.97 Å². The van der Waals surface area contributed by atoms with E-state index in [0.29, 0.717) is 5.15 Å². The molecule has 1 aromatic heterocycles. The van der Waals surface area contributed by atoms with E-state index < -0.39 is 0 Å². The van der Waals surface area contributed by atoms with Crippen molar-refractivity contribution in [2.24, 2.45) is 0 Å². The molecule has 0 bridgehead atoms. The molecular weight excluding hydrogens is 350 g/mol. The van der Waals surface area contributed by atoms with Crippen molar-refractivity contribution in [3.63, 3.8) is 0 Å². The van der Waals surface area contributed by atoms with Crippen molar-refractivity contribution in [3.8, 4) is 0 Å². The highest BCUT2D eigenvalue weighted by Crippen LogP contribution is 2.30. The highest BCUT2D eigenvalue weighted by Gasteiger charge is 2.13. The summed E-state index contributed by atoms with van der Waals surface area (Å²) in [4.78, 5) is 8.95. The average Bonchev–Trinajstić information content (AvgIpc) is 2.37. The minimum absolute atomic E-state index is 0.232. The Labute approximate surface area is 139 Å². The van der Waals surface area contributed by atoms with E-state index in [-0.39, 0.29) is 5.92 Å². The Bertz CT molecular complexity index is 660. The third-order valence-corrected chi connectivity index (χ3v) is 4.19. The summed E-state index contributed by atoms with van der Waals surface area (Å²) < 4.78 is 1.07. The largest absolute Gasteiger partial charge is 0.339 e. The number of anilines is 2. The summed E-state index contributed by atoms with van der Waals surface area (Å²) >= 11 is 9.75. The van der Waals surface area contributed by atoms with Gasteiger partial charge >= 0.3 is 0 Å². The molecule has 0 saturated carbocycles. The van der Waals surface area contributed by atoms with E-state index in [9.17, 15) is 0 Å². The Hall–Kier alpha value is -1.13. The van der Waals surface area contributed by atoms with Gasteiger partial charge in [0.05, 0.1) is 0 Å². The topological polar surface area (TPSA) is 37.8 Å². The van der Waals surface area contributed by atoms with Gasteiger partial charge in [-0.25, -0.2) is 9.97 Å². The highest BCUT2D eigenvalue weighted by atomic mass is 79.9. The number of hydrogen-bond acceptors (Lipinski definition) is 3. The van der Waals surface area contributed by atoms with Crippen LogP contribution in [0.1, 0.15) is 42.3 Å². The zero-order valence-electron chi connectivity index (χ0n) is 12.9. The molecule has 0 radical (unpaired) electrons. The van der Waals surface area contributed by atoms with Gasteiger partial charge in [-0.05, 0) is 44.0 Å². The molecule has 0 atom stereocenters. The number of rotatable bonds is 3. The van der Waals surface area contributed by atoms with E-state index in [1.807, 2.05) is 6.92 Å². The van der Waals surface area contributed by atoms with Gasteiger partial charge in [-0.2, -0.15) is 0 Å². The lowest BCUT2D eigenvalue weighted by Gasteiger charge is -2.16. The molecule has 0 aliphatic rings. The first kappa shape index (κ1) is 16.2. The number of nitrogens with one attached hydrogen (secondary N) is 1. The van der Waals surface area contributed by atoms with Gasteiger partial charge in [0, 0.05) is 21.6 Å². The van der Waals surface area contributed by atoms with Crippen LogP contribution < -0.4 is 5.32 Å². The minimum atomic E-state index is 0.232. The van der Waals surface area contributed by atoms with Gasteiger partial charge in [0.15, 0.2) is 0 Å². The summed E-state index contributed by atoms with van der Waals surface area (Å²) in [6.07, 6.45) is 0. The molecule has 0 saturated heterocycles. The van der Waals surface area contributed by atoms with Crippen LogP contribution in [0.3, 0.4) is 0 Å². The van der Waals surface area contributed by atoms with Gasteiger partial charge in [-0.3, -0.25) is 0 Å². The molecule has 5 heteroatoms. The van der Waals surface area contributed by atoms with Crippen molar-refractivity contribution in [3.05, 3.63) is 44.3 Å². The lowest BCUT2D eigenvalue weighted by atomic mass is 10.1. The second kappa shape index (κ2) is 6.32. The molecule has 1 aromatic carbocycles. The summed E-state index contributed by atoms with van der Waals surface area (Å²) in [5.74, 6) is 1.75. The minimum Gasteiger partial charge on any atom is -0.339 e. The fraction of sp³-hybridized carbons (Fsp3) is 0.375. The molecule has 0 unspecified atom stereocenters. The van der Waals surface area contributed by atoms with Gasteiger partial charge in [0.25, 0.3) is 0 Å². The Morgan fingerprint density at radius 2 is 1.67 bits per heavy atom. The van der Waals surface area contributed by atoms with E-state index >= 15 is 0 Å². The number of benzene rings is 1. The molecule has 1 N–H and O–H groups in total. The fourth-order valence-electron chi connectivity index (χ4n) is 2.11. The second-order valence-electron chi connectivity index (χ2n) is 5.54. The molecule has 0 fully saturated rings. The van der Waals surface area contributed by atoms with E-state index in [1.165, 1.54) is 0 Å². The SMILES string of the molecule is Cc1cc(Br)cc(C)c1Nc1nc(C(C)C)nc(Cl)c1C. The number of aromatic nitrogens is 2. The Morgan fingerprint density at radius 1 is 1.10 bits per heavy atom. The normalized spacial score (nSPS) is 11.0. The van der Waals surface area contributed by atoms with Crippen molar-refractivity contribution < 1.29 is 0 Å². The van der Waals surface area contributed by atoms with Gasteiger partial charge in [-0.1, -0.05) is 41.4 Å². The van der Waals surface area contributed by atoms with Crippen LogP contribution in [-0.4, -0.2) is 9.97 Å². The van der Waals surface area contributed by atoms with Crippen LogP contribution in [0.15, 0.2) is 16.6 Å². The maximum absolute atomic E-state index is 6.24. The van der Waals surface area contributed by atoms with Gasteiger partial charge in [0.2, 0.25) is 0 Å². The van der Waals surface area contributed by atoms with Crippen LogP contribution in [0, 0.1) is 20.8 Å². The van der Waals surface area contributed by atoms with E-state index in [0.717, 1.165) is 38.5 Å². The van der Waals surface area contributed by atoms with Crippen LogP contribution in [0.5, 0.6) is 0 Å². The second-order valence-corrected chi connectivity index (χ2v) is 6.81. The van der Waals surface area contributed by atoms with Crippen molar-refractivity contribution in [2.75, 3.05) is 5.32 Å². The van der Waals surface area contributed by atoms with Crippen molar-refractivity contribution in [2.45, 2.75) is 40.5 Å². The quantitative estimate of drug-likeness (QED) is 0.708. The first-order valence-corrected chi connectivity index (χ1v) is 8.04. The van der Waals surface area contributed by atoms with Crippen molar-refractivity contribution >= 4 is 39.0 Å². The van der Waals surface area contributed by atoms with Crippen molar-refractivity contribution in [1.29, 1.82) is 0 Å². The summed E-state index contributed by atoms with van der Waals surface area (Å²) in [6, 6.07) is 4.16. The molecule has 2 rings (SSSR count). The molecule has 1 heterocycles. The fourth-order valence-corrected chi connectivity index (χ4v) is 2.97. The molecule has 0 amide bonds. The Kier molecular flexibility index (Phi) is 4.89. The summed E-state index contributed by atoms with van der Waals surface area (Å²) in [5.41, 5.74) is 4.23. The standard InChI is InChI=1S/C16H19BrClN3/c1-8(2)15-20-14(18)11(5)16(21-15)19-13-9(3)6-12(17)7-10(13)4/h6-8H,1-5H3,(H,19,20,21). The van der Waals surface area contributed by atoms with E-state index in [2.05, 4.69) is 71.0 Å². The van der Waals surface area contributed by atoms with Crippen LogP contribution in [0.2, 0.25) is 5.15 Å². The summed E-state index contributed by atoms with van der Waals surface area (Å²) in [7, 11) is 0. The third kappa shape index (κ3) is 3.55. The lowest BCUT2D eigenvalue weighted by Crippen LogP contribution is -2.06. The molecule has 2 aromatic rings. The Morgan fingerprint density at radius 3 is 2.19 bits per heavy atom. The Balaban J connectivity index is 2.49. The number of hydrogen-bond donors (Lipinski definition) is 1. The van der Waals surface area contributed by atoms with Crippen LogP contribution in [-0.2, 0) is 0 Å². The number of nitrogens with zero attached hydrogens (tertiary/aromatic N) is 2. The zero-order chi connectivity index (χ0) is 15.7. The van der Waals surface area contributed by atoms with E-state index in [4.69, 9.17) is 11.6 Å². The van der Waals surface area contributed by atoms with Crippen LogP contribution in [0.4, 0.5) is 11.5 Å². The first-order valence-electron chi connectivity index (χ1n) is 6.87. The summed E-state index contributed by atoms with van der Waals surface area (Å²) in [5, 5.41) is 3.92. The third-order valence-electron chi connectivity index (χ3n) is 3.36. The molecule has 0 aliphatic heterocycles. The lowest BCUT2D eigenvalue weighted by molar-refractivity contribution is 0.773. The van der Waals surface area contributed by atoms with Crippen LogP contribution >= 0.6 is 27.5 Å². The van der Waals surface area contributed by atoms with Gasteiger partial charge < -0.3 is 5.32 Å². The van der Waals surface area contributed by atoms with E-state index in [1.54, 1.807) is 0 Å². The van der Waals surface area contributed by atoms with Gasteiger partial charge in [0.1, 0.15) is 16.8 Å². The number of aryl methyl sites for hydroxylation is 2. The van der Waals surface area contributed by atoms with Crippen LogP contribution in [0.25, 0.3) is 0 Å². The summed E-state index contributed by atoms with van der Waals surface area (Å²) in [6.45, 7) is 10.2. The predicted octanol–water partition coefficient (Wildman–Crippen LogP) is 5.68. The predicted molar refractivity (Wildman–Crippen MR) is 92.8 cm³/mol. The molecular formula is C16H19BrClN3. The zero-order valence-corrected chi connectivity index (χ0v) is 15.2. The maximum atomic E-state index is 6.24. The average molecular weight is 369 g/mol. The molecule has 112 valence electrons. The monoisotopic (exact) mass is 367 g/mol. The van der Waals surface area contributed by atoms with Gasteiger partial charge in [-0.15, -0.1) is 0 Å². The number of halogens is 2. The molecule has 0 aliphatic carbocycles. The maximum Gasteiger partial charge on any atom is 0.138 e. The highest BCUT2D eigenvalue weighted by molar-refractivity contribution is 9.10. The molecule has 0 spiro atoms.